The first-order valence-corrected chi connectivity index (χ1v) is 7.65. The zero-order valence-corrected chi connectivity index (χ0v) is 14.3. The number of alkyl halides is 3. The Hall–Kier alpha value is -2.18. The molecule has 0 radical (unpaired) electrons. The van der Waals surface area contributed by atoms with E-state index in [1.54, 1.807) is 12.1 Å². The number of carbonyl (C=O) groups excluding carboxylic acids is 1. The van der Waals surface area contributed by atoms with Crippen LogP contribution in [0.3, 0.4) is 0 Å². The third-order valence-corrected chi connectivity index (χ3v) is 3.80. The van der Waals surface area contributed by atoms with Crippen LogP contribution in [0.1, 0.15) is 11.1 Å². The molecule has 0 heterocycles. The van der Waals surface area contributed by atoms with Crippen LogP contribution >= 0.6 is 23.2 Å². The quantitative estimate of drug-likeness (QED) is 0.683. The molecule has 0 aliphatic heterocycles. The van der Waals surface area contributed by atoms with Crippen LogP contribution in [0.5, 0.6) is 5.75 Å². The lowest BCUT2D eigenvalue weighted by Gasteiger charge is -2.08. The third-order valence-electron chi connectivity index (χ3n) is 3.16. The number of amides is 1. The fourth-order valence-electron chi connectivity index (χ4n) is 1.94. The number of rotatable bonds is 4. The van der Waals surface area contributed by atoms with Gasteiger partial charge in [-0.15, -0.1) is 0 Å². The first-order chi connectivity index (χ1) is 11.7. The molecule has 2 aromatic rings. The summed E-state index contributed by atoms with van der Waals surface area (Å²) in [5.41, 5.74) is -0.353. The molecule has 132 valence electrons. The minimum Gasteiger partial charge on any atom is -0.495 e. The first-order valence-electron chi connectivity index (χ1n) is 6.90. The van der Waals surface area contributed by atoms with Crippen LogP contribution in [0.15, 0.2) is 42.5 Å². The largest absolute Gasteiger partial charge is 0.495 e. The van der Waals surface area contributed by atoms with Crippen LogP contribution < -0.4 is 10.1 Å². The van der Waals surface area contributed by atoms with Crippen LogP contribution in [0.25, 0.3) is 6.08 Å². The highest BCUT2D eigenvalue weighted by Crippen LogP contribution is 2.32. The molecule has 25 heavy (non-hydrogen) atoms. The van der Waals surface area contributed by atoms with E-state index in [1.807, 2.05) is 0 Å². The Labute approximate surface area is 152 Å². The summed E-state index contributed by atoms with van der Waals surface area (Å²) >= 11 is 11.8. The van der Waals surface area contributed by atoms with Gasteiger partial charge in [0.25, 0.3) is 0 Å². The Morgan fingerprint density at radius 1 is 1.12 bits per heavy atom. The Balaban J connectivity index is 2.14. The number of carbonyl (C=O) groups is 1. The van der Waals surface area contributed by atoms with Gasteiger partial charge < -0.3 is 10.1 Å². The topological polar surface area (TPSA) is 38.3 Å². The van der Waals surface area contributed by atoms with Crippen molar-refractivity contribution in [1.82, 2.24) is 0 Å². The lowest BCUT2D eigenvalue weighted by atomic mass is 10.1. The van der Waals surface area contributed by atoms with E-state index >= 15 is 0 Å². The van der Waals surface area contributed by atoms with Crippen LogP contribution in [-0.4, -0.2) is 13.0 Å². The maximum Gasteiger partial charge on any atom is 0.416 e. The van der Waals surface area contributed by atoms with Crippen molar-refractivity contribution in [3.8, 4) is 5.75 Å². The Bertz CT molecular complexity index is 820. The number of methoxy groups -OCH3 is 1. The maximum absolute atomic E-state index is 12.7. The molecular weight excluding hydrogens is 378 g/mol. The van der Waals surface area contributed by atoms with Gasteiger partial charge in [-0.3, -0.25) is 4.79 Å². The molecule has 0 fully saturated rings. The van der Waals surface area contributed by atoms with E-state index < -0.39 is 17.6 Å². The average Bonchev–Trinajstić information content (AvgIpc) is 2.53. The monoisotopic (exact) mass is 389 g/mol. The molecule has 8 heteroatoms. The van der Waals surface area contributed by atoms with Crippen molar-refractivity contribution >= 4 is 40.9 Å². The minimum atomic E-state index is -4.49. The second kappa shape index (κ2) is 7.80. The molecular formula is C17H12Cl2F3NO2. The van der Waals surface area contributed by atoms with Crippen molar-refractivity contribution in [1.29, 1.82) is 0 Å². The fraction of sp³-hybridized carbons (Fsp3) is 0.118. The molecule has 0 unspecified atom stereocenters. The summed E-state index contributed by atoms with van der Waals surface area (Å²) in [4.78, 5) is 11.9. The smallest absolute Gasteiger partial charge is 0.416 e. The van der Waals surface area contributed by atoms with Gasteiger partial charge in [0, 0.05) is 16.8 Å². The zero-order chi connectivity index (χ0) is 18.6. The highest BCUT2D eigenvalue weighted by molar-refractivity contribution is 6.32. The molecule has 1 N–H and O–H groups in total. The van der Waals surface area contributed by atoms with Crippen LogP contribution in [0.4, 0.5) is 18.9 Å². The van der Waals surface area contributed by atoms with Gasteiger partial charge in [-0.2, -0.15) is 13.2 Å². The molecule has 0 bridgehead atoms. The second-order valence-corrected chi connectivity index (χ2v) is 5.72. The molecule has 0 spiro atoms. The summed E-state index contributed by atoms with van der Waals surface area (Å²) in [5, 5.41) is 2.95. The van der Waals surface area contributed by atoms with Crippen molar-refractivity contribution in [3.05, 3.63) is 63.6 Å². The Kier molecular flexibility index (Phi) is 5.98. The van der Waals surface area contributed by atoms with Gasteiger partial charge in [-0.25, -0.2) is 0 Å². The van der Waals surface area contributed by atoms with Crippen LogP contribution in [-0.2, 0) is 11.0 Å². The van der Waals surface area contributed by atoms with Gasteiger partial charge in [0.2, 0.25) is 5.91 Å². The molecule has 3 nitrogen and oxygen atoms in total. The zero-order valence-electron chi connectivity index (χ0n) is 12.8. The predicted octanol–water partition coefficient (Wildman–Crippen LogP) is 5.67. The van der Waals surface area contributed by atoms with Crippen molar-refractivity contribution in [2.24, 2.45) is 0 Å². The lowest BCUT2D eigenvalue weighted by molar-refractivity contribution is -0.137. The highest BCUT2D eigenvalue weighted by Gasteiger charge is 2.30. The molecule has 0 saturated carbocycles. The van der Waals surface area contributed by atoms with Crippen LogP contribution in [0.2, 0.25) is 10.0 Å². The normalized spacial score (nSPS) is 11.6. The van der Waals surface area contributed by atoms with E-state index in [0.29, 0.717) is 16.5 Å². The number of anilines is 1. The predicted molar refractivity (Wildman–Crippen MR) is 92.1 cm³/mol. The molecule has 2 aromatic carbocycles. The molecule has 2 rings (SSSR count). The standard InChI is InChI=1S/C17H12Cl2F3NO2/c1-25-15-6-4-12(9-14(15)19)23-16(24)7-2-10-8-11(17(20,21)22)3-5-13(10)18/h2-9H,1H3,(H,23,24)/b7-2+. The number of hydrogen-bond acceptors (Lipinski definition) is 2. The molecule has 0 aliphatic rings. The van der Waals surface area contributed by atoms with Crippen molar-refractivity contribution in [2.75, 3.05) is 12.4 Å². The minimum absolute atomic E-state index is 0.0828. The van der Waals surface area contributed by atoms with E-state index in [9.17, 15) is 18.0 Å². The summed E-state index contributed by atoms with van der Waals surface area (Å²) in [7, 11) is 1.46. The van der Waals surface area contributed by atoms with Crippen LogP contribution in [0, 0.1) is 0 Å². The van der Waals surface area contributed by atoms with Gasteiger partial charge in [-0.1, -0.05) is 23.2 Å². The van der Waals surface area contributed by atoms with Gasteiger partial charge in [-0.05, 0) is 48.0 Å². The van der Waals surface area contributed by atoms with Gasteiger partial charge >= 0.3 is 6.18 Å². The van der Waals surface area contributed by atoms with E-state index in [-0.39, 0.29) is 10.6 Å². The van der Waals surface area contributed by atoms with E-state index in [4.69, 9.17) is 27.9 Å². The maximum atomic E-state index is 12.7. The number of ether oxygens (including phenoxy) is 1. The summed E-state index contributed by atoms with van der Waals surface area (Å²) in [6, 6.07) is 7.52. The molecule has 0 atom stereocenters. The van der Waals surface area contributed by atoms with Gasteiger partial charge in [0.05, 0.1) is 17.7 Å². The lowest BCUT2D eigenvalue weighted by Crippen LogP contribution is -2.08. The van der Waals surface area contributed by atoms with E-state index in [2.05, 4.69) is 5.32 Å². The van der Waals surface area contributed by atoms with Crippen molar-refractivity contribution < 1.29 is 22.7 Å². The second-order valence-electron chi connectivity index (χ2n) is 4.91. The molecule has 0 aliphatic carbocycles. The fourth-order valence-corrected chi connectivity index (χ4v) is 2.38. The summed E-state index contributed by atoms with van der Waals surface area (Å²) in [6.45, 7) is 0. The van der Waals surface area contributed by atoms with E-state index in [1.165, 1.54) is 19.3 Å². The Morgan fingerprint density at radius 2 is 1.84 bits per heavy atom. The van der Waals surface area contributed by atoms with Crippen molar-refractivity contribution in [2.45, 2.75) is 6.18 Å². The first kappa shape index (κ1) is 19.1. The molecule has 1 amide bonds. The van der Waals surface area contributed by atoms with E-state index in [0.717, 1.165) is 24.3 Å². The average molecular weight is 390 g/mol. The number of nitrogens with one attached hydrogen (secondary N) is 1. The molecule has 0 saturated heterocycles. The SMILES string of the molecule is COc1ccc(NC(=O)/C=C/c2cc(C(F)(F)F)ccc2Cl)cc1Cl. The van der Waals surface area contributed by atoms with Gasteiger partial charge in [0.1, 0.15) is 5.75 Å². The number of hydrogen-bond donors (Lipinski definition) is 1. The highest BCUT2D eigenvalue weighted by atomic mass is 35.5. The summed E-state index contributed by atoms with van der Waals surface area (Å²) in [6.07, 6.45) is -2.20. The summed E-state index contributed by atoms with van der Waals surface area (Å²) < 4.78 is 43.1. The third kappa shape index (κ3) is 5.14. The van der Waals surface area contributed by atoms with Gasteiger partial charge in [0.15, 0.2) is 0 Å². The summed E-state index contributed by atoms with van der Waals surface area (Å²) in [5.74, 6) is -0.0966. The Morgan fingerprint density at radius 3 is 2.44 bits per heavy atom. The number of benzene rings is 2. The molecule has 0 aromatic heterocycles. The van der Waals surface area contributed by atoms with Crippen molar-refractivity contribution in [3.63, 3.8) is 0 Å². The number of halogens is 5.